The minimum absolute atomic E-state index is 0.000000000000000444. The third-order valence-electron chi connectivity index (χ3n) is 3.67. The number of hydrogen-bond acceptors (Lipinski definition) is 2. The molecule has 0 aliphatic carbocycles. The molecule has 0 spiro atoms. The Morgan fingerprint density at radius 2 is 1.90 bits per heavy atom. The van der Waals surface area contributed by atoms with Crippen LogP contribution < -0.4 is 5.32 Å². The van der Waals surface area contributed by atoms with Crippen LogP contribution in [0.15, 0.2) is 18.2 Å². The van der Waals surface area contributed by atoms with Crippen molar-refractivity contribution in [3.05, 3.63) is 35.1 Å². The van der Waals surface area contributed by atoms with Gasteiger partial charge in [-0.1, -0.05) is 39.8 Å². The zero-order valence-electron chi connectivity index (χ0n) is 14.3. The Balaban J connectivity index is 3.15. The molecule has 1 aromatic rings. The second-order valence-electron chi connectivity index (χ2n) is 6.68. The van der Waals surface area contributed by atoms with E-state index in [1.807, 2.05) is 19.1 Å². The van der Waals surface area contributed by atoms with E-state index in [1.54, 1.807) is 13.0 Å². The summed E-state index contributed by atoms with van der Waals surface area (Å²) in [5.41, 5.74) is 1.61. The molecule has 1 N–H and O–H groups in total. The Bertz CT molecular complexity index is 439. The highest BCUT2D eigenvalue weighted by Crippen LogP contribution is 2.33. The van der Waals surface area contributed by atoms with Gasteiger partial charge < -0.3 is 10.1 Å². The third kappa shape index (κ3) is 5.08. The molecule has 0 heterocycles. The molecule has 2 unspecified atom stereocenters. The van der Waals surface area contributed by atoms with Crippen molar-refractivity contribution in [2.45, 2.75) is 60.1 Å². The van der Waals surface area contributed by atoms with Gasteiger partial charge in [-0.2, -0.15) is 0 Å². The van der Waals surface area contributed by atoms with Crippen molar-refractivity contribution >= 4 is 0 Å². The molecule has 0 saturated carbocycles. The van der Waals surface area contributed by atoms with Crippen LogP contribution in [0.4, 0.5) is 4.39 Å². The average molecular weight is 295 g/mol. The monoisotopic (exact) mass is 295 g/mol. The lowest BCUT2D eigenvalue weighted by Gasteiger charge is -2.37. The van der Waals surface area contributed by atoms with Crippen molar-refractivity contribution in [3.63, 3.8) is 0 Å². The van der Waals surface area contributed by atoms with Gasteiger partial charge in [0.15, 0.2) is 0 Å². The van der Waals surface area contributed by atoms with Crippen molar-refractivity contribution < 1.29 is 9.13 Å². The van der Waals surface area contributed by atoms with Gasteiger partial charge in [0.25, 0.3) is 0 Å². The highest BCUT2D eigenvalue weighted by molar-refractivity contribution is 5.27. The SMILES string of the molecule is CCCNC(c1ccc(C)c(F)c1)C(OCC)C(C)(C)C. The van der Waals surface area contributed by atoms with Crippen LogP contribution >= 0.6 is 0 Å². The van der Waals surface area contributed by atoms with Crippen molar-refractivity contribution in [2.75, 3.05) is 13.2 Å². The van der Waals surface area contributed by atoms with E-state index >= 15 is 0 Å². The van der Waals surface area contributed by atoms with Crippen molar-refractivity contribution in [1.82, 2.24) is 5.32 Å². The fourth-order valence-electron chi connectivity index (χ4n) is 2.53. The molecule has 2 atom stereocenters. The molecule has 1 aromatic carbocycles. The number of rotatable bonds is 7. The van der Waals surface area contributed by atoms with E-state index in [-0.39, 0.29) is 23.4 Å². The van der Waals surface area contributed by atoms with Crippen LogP contribution in [0, 0.1) is 18.2 Å². The molecule has 0 saturated heterocycles. The first-order valence-electron chi connectivity index (χ1n) is 7.92. The van der Waals surface area contributed by atoms with Gasteiger partial charge in [0.05, 0.1) is 12.1 Å². The topological polar surface area (TPSA) is 21.3 Å². The van der Waals surface area contributed by atoms with Gasteiger partial charge in [0.2, 0.25) is 0 Å². The molecule has 0 radical (unpaired) electrons. The predicted octanol–water partition coefficient (Wildman–Crippen LogP) is 4.63. The lowest BCUT2D eigenvalue weighted by molar-refractivity contribution is -0.0366. The zero-order valence-corrected chi connectivity index (χ0v) is 14.3. The van der Waals surface area contributed by atoms with Gasteiger partial charge >= 0.3 is 0 Å². The maximum atomic E-state index is 13.9. The summed E-state index contributed by atoms with van der Waals surface area (Å²) < 4.78 is 19.9. The molecule has 3 heteroatoms. The van der Waals surface area contributed by atoms with Crippen molar-refractivity contribution in [3.8, 4) is 0 Å². The van der Waals surface area contributed by atoms with Gasteiger partial charge in [-0.15, -0.1) is 0 Å². The smallest absolute Gasteiger partial charge is 0.126 e. The predicted molar refractivity (Wildman–Crippen MR) is 87.0 cm³/mol. The average Bonchev–Trinajstić information content (AvgIpc) is 2.40. The highest BCUT2D eigenvalue weighted by Gasteiger charge is 2.33. The molecule has 0 bridgehead atoms. The lowest BCUT2D eigenvalue weighted by atomic mass is 9.81. The van der Waals surface area contributed by atoms with E-state index in [1.165, 1.54) is 0 Å². The van der Waals surface area contributed by atoms with Crippen molar-refractivity contribution in [2.24, 2.45) is 5.41 Å². The number of aryl methyl sites for hydroxylation is 1. The van der Waals surface area contributed by atoms with E-state index in [4.69, 9.17) is 4.74 Å². The van der Waals surface area contributed by atoms with E-state index in [2.05, 4.69) is 33.0 Å². The van der Waals surface area contributed by atoms with E-state index in [9.17, 15) is 4.39 Å². The Morgan fingerprint density at radius 3 is 2.38 bits per heavy atom. The van der Waals surface area contributed by atoms with Crippen LogP contribution in [0.1, 0.15) is 58.2 Å². The summed E-state index contributed by atoms with van der Waals surface area (Å²) >= 11 is 0. The van der Waals surface area contributed by atoms with E-state index in [0.29, 0.717) is 12.2 Å². The fourth-order valence-corrected chi connectivity index (χ4v) is 2.53. The van der Waals surface area contributed by atoms with Crippen LogP contribution in [0.3, 0.4) is 0 Å². The molecule has 0 aromatic heterocycles. The number of ether oxygens (including phenoxy) is 1. The standard InChI is InChI=1S/C18H30FNO/c1-7-11-20-16(17(21-8-2)18(4,5)6)14-10-9-13(3)15(19)12-14/h9-10,12,16-17,20H,7-8,11H2,1-6H3. The van der Waals surface area contributed by atoms with Crippen molar-refractivity contribution in [1.29, 1.82) is 0 Å². The molecule has 0 aliphatic heterocycles. The van der Waals surface area contributed by atoms with Gasteiger partial charge in [0, 0.05) is 6.61 Å². The van der Waals surface area contributed by atoms with Crippen LogP contribution in [-0.2, 0) is 4.74 Å². The molecule has 2 nitrogen and oxygen atoms in total. The van der Waals surface area contributed by atoms with Gasteiger partial charge in [0.1, 0.15) is 5.82 Å². The molecule has 1 rings (SSSR count). The maximum absolute atomic E-state index is 13.9. The second-order valence-corrected chi connectivity index (χ2v) is 6.68. The minimum atomic E-state index is -0.153. The summed E-state index contributed by atoms with van der Waals surface area (Å²) in [7, 11) is 0. The Morgan fingerprint density at radius 1 is 1.24 bits per heavy atom. The quantitative estimate of drug-likeness (QED) is 0.792. The summed E-state index contributed by atoms with van der Waals surface area (Å²) in [4.78, 5) is 0. The number of nitrogens with one attached hydrogen (secondary N) is 1. The van der Waals surface area contributed by atoms with Gasteiger partial charge in [-0.25, -0.2) is 4.39 Å². The highest BCUT2D eigenvalue weighted by atomic mass is 19.1. The van der Waals surface area contributed by atoms with Crippen LogP contribution in [0.2, 0.25) is 0 Å². The molecular weight excluding hydrogens is 265 g/mol. The normalized spacial score (nSPS) is 15.0. The molecule has 120 valence electrons. The van der Waals surface area contributed by atoms with Crippen LogP contribution in [0.5, 0.6) is 0 Å². The summed E-state index contributed by atoms with van der Waals surface area (Å²) in [6, 6.07) is 5.49. The molecule has 0 fully saturated rings. The Labute approximate surface area is 129 Å². The van der Waals surface area contributed by atoms with Crippen LogP contribution in [-0.4, -0.2) is 19.3 Å². The third-order valence-corrected chi connectivity index (χ3v) is 3.67. The molecule has 0 aliphatic rings. The summed E-state index contributed by atoms with van der Waals surface area (Å²) in [5.74, 6) is -0.153. The maximum Gasteiger partial charge on any atom is 0.126 e. The number of halogens is 1. The lowest BCUT2D eigenvalue weighted by Crippen LogP contribution is -2.42. The Hall–Kier alpha value is -0.930. The summed E-state index contributed by atoms with van der Waals surface area (Å²) in [6.07, 6.45) is 1.03. The van der Waals surface area contributed by atoms with Gasteiger partial charge in [-0.3, -0.25) is 0 Å². The van der Waals surface area contributed by atoms with Crippen LogP contribution in [0.25, 0.3) is 0 Å². The Kier molecular flexibility index (Phi) is 6.82. The minimum Gasteiger partial charge on any atom is -0.376 e. The fraction of sp³-hybridized carbons (Fsp3) is 0.667. The number of hydrogen-bond donors (Lipinski definition) is 1. The van der Waals surface area contributed by atoms with Gasteiger partial charge in [-0.05, 0) is 49.4 Å². The first kappa shape index (κ1) is 18.1. The molecule has 21 heavy (non-hydrogen) atoms. The summed E-state index contributed by atoms with van der Waals surface area (Å²) in [6.45, 7) is 14.0. The first-order chi connectivity index (χ1) is 9.81. The second kappa shape index (κ2) is 7.90. The largest absolute Gasteiger partial charge is 0.376 e. The first-order valence-corrected chi connectivity index (χ1v) is 7.92. The van der Waals surface area contributed by atoms with E-state index in [0.717, 1.165) is 18.5 Å². The summed E-state index contributed by atoms with van der Waals surface area (Å²) in [5, 5.41) is 3.53. The molecule has 0 amide bonds. The molecular formula is C18H30FNO. The van der Waals surface area contributed by atoms with E-state index < -0.39 is 0 Å². The number of benzene rings is 1. The zero-order chi connectivity index (χ0) is 16.0.